The molecule has 2 heterocycles. The molecule has 1 aliphatic rings. The molecule has 0 aliphatic carbocycles. The SMILES string of the molecule is C=CCN1C(=O)/C(=C/c2sc(C)cc2Br)C(=O)NC1=S. The van der Waals surface area contributed by atoms with Crippen LogP contribution in [0.1, 0.15) is 9.75 Å². The predicted octanol–water partition coefficient (Wildman–Crippen LogP) is 2.63. The van der Waals surface area contributed by atoms with Crippen LogP contribution in [0.3, 0.4) is 0 Å². The van der Waals surface area contributed by atoms with Crippen molar-refractivity contribution in [2.45, 2.75) is 6.92 Å². The molecule has 0 aromatic carbocycles. The van der Waals surface area contributed by atoms with E-state index in [1.807, 2.05) is 13.0 Å². The summed E-state index contributed by atoms with van der Waals surface area (Å²) < 4.78 is 0.858. The van der Waals surface area contributed by atoms with E-state index >= 15 is 0 Å². The standard InChI is InChI=1S/C13H11BrN2O2S2/c1-3-4-16-12(18)8(11(17)15-13(16)19)6-10-9(14)5-7(2)20-10/h3,5-6H,1,4H2,2H3,(H,15,17,19)/b8-6+. The Bertz CT molecular complexity index is 649. The molecule has 7 heteroatoms. The molecule has 2 amide bonds. The summed E-state index contributed by atoms with van der Waals surface area (Å²) >= 11 is 9.89. The van der Waals surface area contributed by atoms with Crippen molar-refractivity contribution < 1.29 is 9.59 Å². The summed E-state index contributed by atoms with van der Waals surface area (Å²) in [5.74, 6) is -0.880. The first kappa shape index (κ1) is 15.1. The molecule has 1 aromatic rings. The molecule has 0 radical (unpaired) electrons. The zero-order valence-corrected chi connectivity index (χ0v) is 13.8. The average Bonchev–Trinajstić information content (AvgIpc) is 2.68. The quantitative estimate of drug-likeness (QED) is 0.385. The summed E-state index contributed by atoms with van der Waals surface area (Å²) in [4.78, 5) is 27.5. The zero-order valence-electron chi connectivity index (χ0n) is 10.6. The topological polar surface area (TPSA) is 49.4 Å². The summed E-state index contributed by atoms with van der Waals surface area (Å²) in [5.41, 5.74) is 0.0722. The Balaban J connectivity index is 2.41. The number of nitrogens with zero attached hydrogens (tertiary/aromatic N) is 1. The lowest BCUT2D eigenvalue weighted by atomic mass is 10.1. The molecule has 0 saturated carbocycles. The maximum Gasteiger partial charge on any atom is 0.265 e. The molecule has 1 fully saturated rings. The van der Waals surface area contributed by atoms with E-state index in [4.69, 9.17) is 12.2 Å². The van der Waals surface area contributed by atoms with Crippen LogP contribution in [0, 0.1) is 6.92 Å². The van der Waals surface area contributed by atoms with Crippen LogP contribution >= 0.6 is 39.5 Å². The molecule has 20 heavy (non-hydrogen) atoms. The minimum Gasteiger partial charge on any atom is -0.298 e. The summed E-state index contributed by atoms with van der Waals surface area (Å²) in [6, 6.07) is 1.94. The van der Waals surface area contributed by atoms with E-state index in [2.05, 4.69) is 27.8 Å². The lowest BCUT2D eigenvalue weighted by molar-refractivity contribution is -0.128. The highest BCUT2D eigenvalue weighted by molar-refractivity contribution is 9.10. The van der Waals surface area contributed by atoms with Gasteiger partial charge in [0.1, 0.15) is 5.57 Å². The number of carbonyl (C=O) groups is 2. The molecule has 1 aromatic heterocycles. The molecule has 0 bridgehead atoms. The number of rotatable bonds is 3. The summed E-state index contributed by atoms with van der Waals surface area (Å²) in [6.45, 7) is 5.80. The lowest BCUT2D eigenvalue weighted by Gasteiger charge is -2.27. The van der Waals surface area contributed by atoms with Gasteiger partial charge in [0.15, 0.2) is 5.11 Å². The Morgan fingerprint density at radius 3 is 2.80 bits per heavy atom. The first-order chi connectivity index (χ1) is 9.43. The van der Waals surface area contributed by atoms with Crippen LogP contribution < -0.4 is 5.32 Å². The van der Waals surface area contributed by atoms with Gasteiger partial charge in [0, 0.05) is 20.8 Å². The van der Waals surface area contributed by atoms with Crippen molar-refractivity contribution >= 4 is 62.5 Å². The zero-order chi connectivity index (χ0) is 14.9. The van der Waals surface area contributed by atoms with Gasteiger partial charge in [0.25, 0.3) is 11.8 Å². The van der Waals surface area contributed by atoms with Crippen molar-refractivity contribution in [1.29, 1.82) is 0 Å². The maximum absolute atomic E-state index is 12.3. The van der Waals surface area contributed by atoms with E-state index < -0.39 is 11.8 Å². The normalized spacial score (nSPS) is 17.6. The van der Waals surface area contributed by atoms with Gasteiger partial charge in [-0.3, -0.25) is 19.8 Å². The van der Waals surface area contributed by atoms with Gasteiger partial charge >= 0.3 is 0 Å². The molecule has 0 unspecified atom stereocenters. The largest absolute Gasteiger partial charge is 0.298 e. The van der Waals surface area contributed by atoms with Crippen LogP contribution in [0.5, 0.6) is 0 Å². The average molecular weight is 371 g/mol. The second-order valence-electron chi connectivity index (χ2n) is 4.09. The molecule has 1 saturated heterocycles. The van der Waals surface area contributed by atoms with Gasteiger partial charge in [-0.1, -0.05) is 6.08 Å². The smallest absolute Gasteiger partial charge is 0.265 e. The van der Waals surface area contributed by atoms with Crippen LogP contribution in [0.2, 0.25) is 0 Å². The van der Waals surface area contributed by atoms with Gasteiger partial charge in [-0.15, -0.1) is 17.9 Å². The highest BCUT2D eigenvalue weighted by atomic mass is 79.9. The molecule has 1 aliphatic heterocycles. The number of halogens is 1. The van der Waals surface area contributed by atoms with Crippen LogP contribution in [0.4, 0.5) is 0 Å². The van der Waals surface area contributed by atoms with E-state index in [0.29, 0.717) is 0 Å². The number of amides is 2. The molecule has 0 atom stereocenters. The molecular formula is C13H11BrN2O2S2. The van der Waals surface area contributed by atoms with Gasteiger partial charge in [-0.2, -0.15) is 0 Å². The summed E-state index contributed by atoms with van der Waals surface area (Å²) in [6.07, 6.45) is 3.14. The van der Waals surface area contributed by atoms with Crippen LogP contribution in [0.25, 0.3) is 6.08 Å². The number of thiophene rings is 1. The van der Waals surface area contributed by atoms with Gasteiger partial charge in [-0.05, 0) is 47.2 Å². The minimum absolute atomic E-state index is 0.0722. The maximum atomic E-state index is 12.3. The monoisotopic (exact) mass is 370 g/mol. The van der Waals surface area contributed by atoms with E-state index in [1.54, 1.807) is 12.2 Å². The van der Waals surface area contributed by atoms with Crippen molar-refractivity contribution in [1.82, 2.24) is 10.2 Å². The molecular weight excluding hydrogens is 360 g/mol. The third-order valence-electron chi connectivity index (χ3n) is 2.61. The number of nitrogens with one attached hydrogen (secondary N) is 1. The molecule has 0 spiro atoms. The Kier molecular flexibility index (Phi) is 4.52. The molecule has 1 N–H and O–H groups in total. The van der Waals surface area contributed by atoms with Gasteiger partial charge in [-0.25, -0.2) is 0 Å². The molecule has 104 valence electrons. The first-order valence-electron chi connectivity index (χ1n) is 5.69. The Hall–Kier alpha value is -1.31. The number of aryl methyl sites for hydroxylation is 1. The van der Waals surface area contributed by atoms with E-state index in [0.717, 1.165) is 14.2 Å². The van der Waals surface area contributed by atoms with Crippen LogP contribution in [0.15, 0.2) is 28.8 Å². The second-order valence-corrected chi connectivity index (χ2v) is 6.62. The van der Waals surface area contributed by atoms with Gasteiger partial charge < -0.3 is 0 Å². The van der Waals surface area contributed by atoms with E-state index in [-0.39, 0.29) is 17.2 Å². The Morgan fingerprint density at radius 2 is 2.25 bits per heavy atom. The van der Waals surface area contributed by atoms with E-state index in [9.17, 15) is 9.59 Å². The van der Waals surface area contributed by atoms with Crippen molar-refractivity contribution in [3.05, 3.63) is 38.5 Å². The van der Waals surface area contributed by atoms with Crippen molar-refractivity contribution in [2.75, 3.05) is 6.54 Å². The fraction of sp³-hybridized carbons (Fsp3) is 0.154. The van der Waals surface area contributed by atoms with Gasteiger partial charge in [0.05, 0.1) is 0 Å². The Labute approximate surface area is 134 Å². The van der Waals surface area contributed by atoms with Crippen molar-refractivity contribution in [3.8, 4) is 0 Å². The van der Waals surface area contributed by atoms with Crippen molar-refractivity contribution in [2.24, 2.45) is 0 Å². The molecule has 4 nitrogen and oxygen atoms in total. The number of thiocarbonyl (C=S) groups is 1. The summed E-state index contributed by atoms with van der Waals surface area (Å²) in [7, 11) is 0. The second kappa shape index (κ2) is 5.99. The van der Waals surface area contributed by atoms with Crippen LogP contribution in [-0.4, -0.2) is 28.4 Å². The fourth-order valence-corrected chi connectivity index (χ4v) is 3.68. The Morgan fingerprint density at radius 1 is 1.55 bits per heavy atom. The number of carbonyl (C=O) groups excluding carboxylic acids is 2. The van der Waals surface area contributed by atoms with Crippen molar-refractivity contribution in [3.63, 3.8) is 0 Å². The minimum atomic E-state index is -0.474. The fourth-order valence-electron chi connectivity index (χ4n) is 1.72. The summed E-state index contributed by atoms with van der Waals surface area (Å²) in [5, 5.41) is 2.62. The van der Waals surface area contributed by atoms with Crippen LogP contribution in [-0.2, 0) is 9.59 Å². The highest BCUT2D eigenvalue weighted by Crippen LogP contribution is 2.29. The number of hydrogen-bond donors (Lipinski definition) is 1. The molecule has 2 rings (SSSR count). The van der Waals surface area contributed by atoms with E-state index in [1.165, 1.54) is 16.2 Å². The predicted molar refractivity (Wildman–Crippen MR) is 87.4 cm³/mol. The highest BCUT2D eigenvalue weighted by Gasteiger charge is 2.32. The number of hydrogen-bond acceptors (Lipinski definition) is 4. The third-order valence-corrected chi connectivity index (χ3v) is 4.85. The first-order valence-corrected chi connectivity index (χ1v) is 7.71. The lowest BCUT2D eigenvalue weighted by Crippen LogP contribution is -2.53. The third kappa shape index (κ3) is 2.89. The van der Waals surface area contributed by atoms with Gasteiger partial charge in [0.2, 0.25) is 0 Å².